The van der Waals surface area contributed by atoms with Gasteiger partial charge in [-0.25, -0.2) is 13.6 Å². The van der Waals surface area contributed by atoms with Gasteiger partial charge in [-0.15, -0.1) is 10.2 Å². The fourth-order valence-corrected chi connectivity index (χ4v) is 2.52. The normalized spacial score (nSPS) is 11.6. The molecule has 0 bridgehead atoms. The van der Waals surface area contributed by atoms with Crippen LogP contribution in [0.25, 0.3) is 10.6 Å². The van der Waals surface area contributed by atoms with Gasteiger partial charge in [0.1, 0.15) is 4.90 Å². The summed E-state index contributed by atoms with van der Waals surface area (Å²) in [5, 5.41) is 13.1. The van der Waals surface area contributed by atoms with Gasteiger partial charge in [0.05, 0.1) is 0 Å². The number of hydrogen-bond acceptors (Lipinski definition) is 7. The van der Waals surface area contributed by atoms with Crippen molar-refractivity contribution in [2.75, 3.05) is 5.73 Å². The van der Waals surface area contributed by atoms with E-state index in [0.29, 0.717) is 10.6 Å². The summed E-state index contributed by atoms with van der Waals surface area (Å²) < 4.78 is 22.6. The molecule has 2 heterocycles. The quantitative estimate of drug-likeness (QED) is 0.769. The number of anilines is 1. The second kappa shape index (κ2) is 3.77. The molecule has 16 heavy (non-hydrogen) atoms. The molecule has 84 valence electrons. The number of aromatic nitrogens is 3. The molecule has 0 aliphatic rings. The van der Waals surface area contributed by atoms with Crippen molar-refractivity contribution in [3.63, 3.8) is 0 Å². The van der Waals surface area contributed by atoms with E-state index in [1.807, 2.05) is 0 Å². The smallest absolute Gasteiger partial charge is 0.240 e. The lowest BCUT2D eigenvalue weighted by Gasteiger charge is -2.02. The molecule has 0 saturated heterocycles. The number of pyridine rings is 1. The van der Waals surface area contributed by atoms with E-state index in [9.17, 15) is 8.42 Å². The van der Waals surface area contributed by atoms with E-state index in [1.54, 1.807) is 0 Å². The Morgan fingerprint density at radius 1 is 1.31 bits per heavy atom. The lowest BCUT2D eigenvalue weighted by atomic mass is 10.3. The van der Waals surface area contributed by atoms with Crippen LogP contribution in [0.1, 0.15) is 0 Å². The summed E-state index contributed by atoms with van der Waals surface area (Å²) in [5.74, 6) is 0. The van der Waals surface area contributed by atoms with Gasteiger partial charge < -0.3 is 5.73 Å². The predicted molar refractivity (Wildman–Crippen MR) is 58.9 cm³/mol. The molecule has 2 aromatic rings. The van der Waals surface area contributed by atoms with E-state index >= 15 is 0 Å². The molecule has 0 aromatic carbocycles. The largest absolute Gasteiger partial charge is 0.374 e. The van der Waals surface area contributed by atoms with Crippen molar-refractivity contribution >= 4 is 26.5 Å². The molecule has 0 radical (unpaired) electrons. The molecule has 9 heteroatoms. The number of nitrogens with zero attached hydrogens (tertiary/aromatic N) is 3. The minimum Gasteiger partial charge on any atom is -0.374 e. The fourth-order valence-electron chi connectivity index (χ4n) is 1.13. The van der Waals surface area contributed by atoms with Crippen molar-refractivity contribution in [1.29, 1.82) is 0 Å². The van der Waals surface area contributed by atoms with Crippen LogP contribution >= 0.6 is 11.3 Å². The lowest BCUT2D eigenvalue weighted by molar-refractivity contribution is 0.597. The lowest BCUT2D eigenvalue weighted by Crippen LogP contribution is -2.13. The molecule has 0 fully saturated rings. The molecule has 0 saturated carbocycles. The Morgan fingerprint density at radius 2 is 2.06 bits per heavy atom. The van der Waals surface area contributed by atoms with Crippen LogP contribution in [0.2, 0.25) is 0 Å². The molecule has 0 aliphatic carbocycles. The summed E-state index contributed by atoms with van der Waals surface area (Å²) in [6.45, 7) is 0. The first-order chi connectivity index (χ1) is 7.48. The summed E-state index contributed by atoms with van der Waals surface area (Å²) >= 11 is 1.08. The summed E-state index contributed by atoms with van der Waals surface area (Å²) in [5.41, 5.74) is 5.78. The zero-order valence-corrected chi connectivity index (χ0v) is 9.49. The molecule has 7 nitrogen and oxygen atoms in total. The van der Waals surface area contributed by atoms with Gasteiger partial charge >= 0.3 is 0 Å². The van der Waals surface area contributed by atoms with Crippen LogP contribution in [-0.4, -0.2) is 23.6 Å². The third-order valence-corrected chi connectivity index (χ3v) is 3.49. The highest BCUT2D eigenvalue weighted by Gasteiger charge is 2.17. The van der Waals surface area contributed by atoms with E-state index in [4.69, 9.17) is 10.9 Å². The average Bonchev–Trinajstić information content (AvgIpc) is 2.64. The summed E-state index contributed by atoms with van der Waals surface area (Å²) in [6, 6.07) is 1.50. The average molecular weight is 257 g/mol. The highest BCUT2D eigenvalue weighted by molar-refractivity contribution is 7.89. The van der Waals surface area contributed by atoms with Gasteiger partial charge in [-0.1, -0.05) is 11.3 Å². The SMILES string of the molecule is Nc1nnc(-c2ccncc2S(N)(=O)=O)s1. The molecule has 2 rings (SSSR count). The number of rotatable bonds is 2. The summed E-state index contributed by atoms with van der Waals surface area (Å²) in [4.78, 5) is 3.62. The number of hydrogen-bond donors (Lipinski definition) is 2. The molecular weight excluding hydrogens is 250 g/mol. The Kier molecular flexibility index (Phi) is 2.58. The Morgan fingerprint density at radius 3 is 2.62 bits per heavy atom. The maximum Gasteiger partial charge on any atom is 0.240 e. The van der Waals surface area contributed by atoms with Crippen LogP contribution in [0.5, 0.6) is 0 Å². The molecule has 2 aromatic heterocycles. The monoisotopic (exact) mass is 257 g/mol. The number of nitrogen functional groups attached to an aromatic ring is 1. The van der Waals surface area contributed by atoms with Crippen LogP contribution in [0, 0.1) is 0 Å². The second-order valence-corrected chi connectivity index (χ2v) is 5.40. The van der Waals surface area contributed by atoms with E-state index in [2.05, 4.69) is 15.2 Å². The summed E-state index contributed by atoms with van der Waals surface area (Å²) in [7, 11) is -3.84. The number of primary sulfonamides is 1. The molecule has 0 atom stereocenters. The van der Waals surface area contributed by atoms with Crippen molar-refractivity contribution in [2.24, 2.45) is 5.14 Å². The Balaban J connectivity index is 2.66. The summed E-state index contributed by atoms with van der Waals surface area (Å²) in [6.07, 6.45) is 2.61. The third kappa shape index (κ3) is 2.01. The van der Waals surface area contributed by atoms with E-state index in [0.717, 1.165) is 11.3 Å². The van der Waals surface area contributed by atoms with Gasteiger partial charge in [0, 0.05) is 18.0 Å². The first kappa shape index (κ1) is 10.9. The first-order valence-corrected chi connectivity index (χ1v) is 6.41. The van der Waals surface area contributed by atoms with Crippen LogP contribution in [0.3, 0.4) is 0 Å². The Labute approximate surface area is 95.2 Å². The highest BCUT2D eigenvalue weighted by atomic mass is 32.2. The Hall–Kier alpha value is -1.58. The molecule has 0 spiro atoms. The van der Waals surface area contributed by atoms with E-state index < -0.39 is 10.0 Å². The van der Waals surface area contributed by atoms with Crippen LogP contribution in [0.15, 0.2) is 23.4 Å². The van der Waals surface area contributed by atoms with Gasteiger partial charge in [-0.3, -0.25) is 4.98 Å². The van der Waals surface area contributed by atoms with Crippen LogP contribution < -0.4 is 10.9 Å². The zero-order valence-electron chi connectivity index (χ0n) is 7.86. The maximum atomic E-state index is 11.3. The van der Waals surface area contributed by atoms with Gasteiger partial charge in [-0.2, -0.15) is 0 Å². The van der Waals surface area contributed by atoms with Gasteiger partial charge in [0.15, 0.2) is 5.01 Å². The molecule has 4 N–H and O–H groups in total. The van der Waals surface area contributed by atoms with E-state index in [1.165, 1.54) is 18.5 Å². The van der Waals surface area contributed by atoms with E-state index in [-0.39, 0.29) is 10.0 Å². The van der Waals surface area contributed by atoms with Gasteiger partial charge in [0.2, 0.25) is 15.2 Å². The minimum atomic E-state index is -3.84. The van der Waals surface area contributed by atoms with Gasteiger partial charge in [0.25, 0.3) is 0 Å². The third-order valence-electron chi connectivity index (χ3n) is 1.76. The first-order valence-electron chi connectivity index (χ1n) is 4.04. The van der Waals surface area contributed by atoms with Crippen molar-refractivity contribution in [3.8, 4) is 10.6 Å². The molecule has 0 aliphatic heterocycles. The topological polar surface area (TPSA) is 125 Å². The van der Waals surface area contributed by atoms with Crippen molar-refractivity contribution < 1.29 is 8.42 Å². The Bertz CT molecular complexity index is 621. The highest BCUT2D eigenvalue weighted by Crippen LogP contribution is 2.28. The maximum absolute atomic E-state index is 11.3. The number of nitrogens with two attached hydrogens (primary N) is 2. The molecule has 0 unspecified atom stereocenters. The molecular formula is C7H7N5O2S2. The predicted octanol–water partition coefficient (Wildman–Crippen LogP) is -0.170. The van der Waals surface area contributed by atoms with Crippen molar-refractivity contribution in [3.05, 3.63) is 18.5 Å². The standard InChI is InChI=1S/C7H7N5O2S2/c8-7-12-11-6(15-7)4-1-2-10-3-5(4)16(9,13)14/h1-3H,(H2,8,12)(H2,9,13,14). The van der Waals surface area contributed by atoms with Crippen LogP contribution in [0.4, 0.5) is 5.13 Å². The van der Waals surface area contributed by atoms with Crippen molar-refractivity contribution in [2.45, 2.75) is 4.90 Å². The van der Waals surface area contributed by atoms with Gasteiger partial charge in [-0.05, 0) is 6.07 Å². The second-order valence-electron chi connectivity index (χ2n) is 2.86. The number of sulfonamides is 1. The zero-order chi connectivity index (χ0) is 11.8. The van der Waals surface area contributed by atoms with Crippen LogP contribution in [-0.2, 0) is 10.0 Å². The van der Waals surface area contributed by atoms with Crippen molar-refractivity contribution in [1.82, 2.24) is 15.2 Å². The molecule has 0 amide bonds. The minimum absolute atomic E-state index is 0.0915. The fraction of sp³-hybridized carbons (Fsp3) is 0.